The summed E-state index contributed by atoms with van der Waals surface area (Å²) in [6.45, 7) is 6.87. The molecule has 270 valence electrons. The van der Waals surface area contributed by atoms with E-state index in [2.05, 4.69) is 26.7 Å². The summed E-state index contributed by atoms with van der Waals surface area (Å²) in [5.41, 5.74) is 1.31. The normalized spacial score (nSPS) is 30.0. The summed E-state index contributed by atoms with van der Waals surface area (Å²) >= 11 is 6.44. The molecular weight excluding hydrogens is 678 g/mol. The summed E-state index contributed by atoms with van der Waals surface area (Å²) < 4.78 is 48.2. The molecule has 12 heteroatoms. The number of benzene rings is 2. The molecule has 2 fully saturated rings. The Morgan fingerprint density at radius 1 is 1.08 bits per heavy atom. The molecule has 50 heavy (non-hydrogen) atoms. The first-order valence-corrected chi connectivity index (χ1v) is 19.9. The fourth-order valence-electron chi connectivity index (χ4n) is 8.37. The van der Waals surface area contributed by atoms with Crippen LogP contribution in [0.5, 0.6) is 5.75 Å². The molecule has 2 aromatic carbocycles. The Kier molecular flexibility index (Phi) is 9.97. The van der Waals surface area contributed by atoms with Crippen molar-refractivity contribution in [3.63, 3.8) is 0 Å². The number of halogens is 1. The fraction of sp³-hybridized carbons (Fsp3) is 0.579. The van der Waals surface area contributed by atoms with Gasteiger partial charge in [-0.05, 0) is 125 Å². The predicted octanol–water partition coefficient (Wildman–Crippen LogP) is 5.41. The van der Waals surface area contributed by atoms with Crippen molar-refractivity contribution in [2.75, 3.05) is 50.8 Å². The van der Waals surface area contributed by atoms with Crippen LogP contribution in [0.25, 0.3) is 0 Å². The van der Waals surface area contributed by atoms with E-state index >= 15 is 0 Å². The van der Waals surface area contributed by atoms with Gasteiger partial charge in [0.15, 0.2) is 0 Å². The molecule has 2 aliphatic carbocycles. The van der Waals surface area contributed by atoms with Gasteiger partial charge in [-0.3, -0.25) is 14.5 Å². The number of amides is 1. The van der Waals surface area contributed by atoms with Gasteiger partial charge in [0.1, 0.15) is 17.5 Å². The van der Waals surface area contributed by atoms with Crippen molar-refractivity contribution >= 4 is 39.2 Å². The average molecular weight is 726 g/mol. The lowest BCUT2D eigenvalue weighted by molar-refractivity contribution is -0.153. The Bertz CT molecular complexity index is 1760. The lowest BCUT2D eigenvalue weighted by Crippen LogP contribution is -2.50. The molecule has 1 saturated carbocycles. The third-order valence-electron chi connectivity index (χ3n) is 11.4. The Hall–Kier alpha value is -3.12. The van der Waals surface area contributed by atoms with Gasteiger partial charge in [0, 0.05) is 29.4 Å². The van der Waals surface area contributed by atoms with E-state index in [1.54, 1.807) is 18.2 Å². The Labute approximate surface area is 300 Å². The van der Waals surface area contributed by atoms with Gasteiger partial charge in [-0.2, -0.15) is 0 Å². The second kappa shape index (κ2) is 14.1. The van der Waals surface area contributed by atoms with E-state index in [1.807, 2.05) is 12.1 Å². The summed E-state index contributed by atoms with van der Waals surface area (Å²) in [4.78, 5) is 31.0. The number of hydrogen-bond donors (Lipinski definition) is 1. The third-order valence-corrected chi connectivity index (χ3v) is 12.9. The van der Waals surface area contributed by atoms with Crippen LogP contribution in [0.2, 0.25) is 5.02 Å². The summed E-state index contributed by atoms with van der Waals surface area (Å²) in [6, 6.07) is 10.9. The number of fused-ring (bicyclic) bond motifs is 4. The molecule has 1 amide bonds. The summed E-state index contributed by atoms with van der Waals surface area (Å²) in [5.74, 6) is -0.177. The van der Waals surface area contributed by atoms with Crippen LogP contribution in [0.1, 0.15) is 69.9 Å². The van der Waals surface area contributed by atoms with Crippen molar-refractivity contribution in [1.82, 2.24) is 9.62 Å². The number of carbonyl (C=O) groups excluding carboxylic acids is 2. The minimum atomic E-state index is -4.23. The molecule has 2 bridgehead atoms. The number of aryl methyl sites for hydroxylation is 1. The Morgan fingerprint density at radius 3 is 2.68 bits per heavy atom. The van der Waals surface area contributed by atoms with Crippen LogP contribution in [-0.2, 0) is 40.9 Å². The summed E-state index contributed by atoms with van der Waals surface area (Å²) in [6.07, 6.45) is 11.3. The van der Waals surface area contributed by atoms with Crippen LogP contribution in [0, 0.1) is 11.8 Å². The minimum absolute atomic E-state index is 0.0255. The summed E-state index contributed by atoms with van der Waals surface area (Å²) in [5, 5.41) is 0.709. The van der Waals surface area contributed by atoms with Crippen LogP contribution in [0.4, 0.5) is 5.69 Å². The fourth-order valence-corrected chi connectivity index (χ4v) is 9.69. The van der Waals surface area contributed by atoms with Gasteiger partial charge >= 0.3 is 5.97 Å². The maximum Gasteiger partial charge on any atom is 0.320 e. The van der Waals surface area contributed by atoms with Gasteiger partial charge in [-0.25, -0.2) is 13.1 Å². The predicted molar refractivity (Wildman–Crippen MR) is 191 cm³/mol. The number of likely N-dealkylation sites (tertiary alicyclic amines) is 1. The first-order chi connectivity index (χ1) is 23.9. The molecule has 0 unspecified atom stereocenters. The number of sulfonamides is 1. The van der Waals surface area contributed by atoms with Crippen LogP contribution in [-0.4, -0.2) is 82.8 Å². The molecule has 3 aliphatic heterocycles. The van der Waals surface area contributed by atoms with Crippen LogP contribution < -0.4 is 14.4 Å². The van der Waals surface area contributed by atoms with Crippen molar-refractivity contribution in [3.05, 3.63) is 64.7 Å². The van der Waals surface area contributed by atoms with Gasteiger partial charge in [-0.1, -0.05) is 30.2 Å². The molecule has 3 heterocycles. The molecule has 1 saturated heterocycles. The zero-order valence-electron chi connectivity index (χ0n) is 29.0. The van der Waals surface area contributed by atoms with E-state index in [1.165, 1.54) is 37.5 Å². The zero-order valence-corrected chi connectivity index (χ0v) is 30.6. The maximum absolute atomic E-state index is 13.6. The number of rotatable bonds is 3. The van der Waals surface area contributed by atoms with Gasteiger partial charge in [-0.15, -0.1) is 0 Å². The highest BCUT2D eigenvalue weighted by Gasteiger charge is 2.45. The van der Waals surface area contributed by atoms with Crippen molar-refractivity contribution in [3.8, 4) is 5.75 Å². The standard InChI is InChI=1S/C38H48ClN3O7S/c1-37(2)36(44)40-50(45,46)29-12-15-34-32(21-29)42(24-38(25-47-34)16-6-8-26-20-28(39)11-14-31(26)38)22-27-10-13-30(27)33(9-7-19-48-37)49-35(43)23-41-17-4-3-5-18-41/h7,9,11-12,14-15,20-21,27,30,33H,3-6,8,10,13,16-19,22-25H2,1-2H3,(H,40,44)/b9-7+/t27-,30+,33-,38-/m0/s1. The van der Waals surface area contributed by atoms with Crippen LogP contribution in [0.3, 0.4) is 0 Å². The van der Waals surface area contributed by atoms with E-state index in [-0.39, 0.29) is 41.3 Å². The molecule has 0 aromatic heterocycles. The van der Waals surface area contributed by atoms with Gasteiger partial charge in [0.2, 0.25) is 0 Å². The van der Waals surface area contributed by atoms with Crippen molar-refractivity contribution in [2.24, 2.45) is 11.8 Å². The van der Waals surface area contributed by atoms with Gasteiger partial charge < -0.3 is 19.1 Å². The number of piperidine rings is 1. The number of nitrogens with one attached hydrogen (secondary N) is 1. The number of ether oxygens (including phenoxy) is 3. The maximum atomic E-state index is 13.6. The molecule has 10 nitrogen and oxygen atoms in total. The lowest BCUT2D eigenvalue weighted by atomic mass is 9.68. The smallest absolute Gasteiger partial charge is 0.320 e. The number of nitrogens with zero attached hydrogens (tertiary/aromatic N) is 2. The van der Waals surface area contributed by atoms with E-state index in [9.17, 15) is 18.0 Å². The number of anilines is 1. The van der Waals surface area contributed by atoms with E-state index in [4.69, 9.17) is 25.8 Å². The SMILES string of the molecule is CC1(C)OC/C=C/[C@H](OC(=O)CN2CCCCC2)[C@@H]2CC[C@H]2CN2C[C@@]3(CCCc4cc(Cl)ccc43)COc3ccc(cc32)S(=O)(=O)NC1=O. The Morgan fingerprint density at radius 2 is 1.90 bits per heavy atom. The van der Waals surface area contributed by atoms with Gasteiger partial charge in [0.05, 0.1) is 30.3 Å². The molecule has 1 N–H and O–H groups in total. The second-order valence-corrected chi connectivity index (χ2v) is 17.3. The molecule has 4 atom stereocenters. The molecule has 7 rings (SSSR count). The number of carbonyl (C=O) groups is 2. The average Bonchev–Trinajstić information content (AvgIpc) is 3.21. The molecule has 2 aromatic rings. The highest BCUT2D eigenvalue weighted by Crippen LogP contribution is 2.47. The topological polar surface area (TPSA) is 114 Å². The second-order valence-electron chi connectivity index (χ2n) is 15.2. The van der Waals surface area contributed by atoms with Crippen molar-refractivity contribution in [1.29, 1.82) is 0 Å². The molecule has 0 radical (unpaired) electrons. The summed E-state index contributed by atoms with van der Waals surface area (Å²) in [7, 11) is -4.23. The first kappa shape index (κ1) is 35.3. The van der Waals surface area contributed by atoms with Crippen molar-refractivity contribution < 1.29 is 32.2 Å². The zero-order chi connectivity index (χ0) is 35.1. The minimum Gasteiger partial charge on any atom is -0.490 e. The first-order valence-electron chi connectivity index (χ1n) is 18.0. The van der Waals surface area contributed by atoms with E-state index in [0.717, 1.165) is 58.0 Å². The molecule has 5 aliphatic rings. The number of esters is 1. The highest BCUT2D eigenvalue weighted by atomic mass is 35.5. The van der Waals surface area contributed by atoms with E-state index in [0.29, 0.717) is 36.2 Å². The van der Waals surface area contributed by atoms with Crippen LogP contribution in [0.15, 0.2) is 53.4 Å². The third kappa shape index (κ3) is 7.29. The number of hydrogen-bond acceptors (Lipinski definition) is 9. The van der Waals surface area contributed by atoms with Crippen LogP contribution >= 0.6 is 11.6 Å². The quantitative estimate of drug-likeness (QED) is 0.328. The Balaban J connectivity index is 1.25. The lowest BCUT2D eigenvalue weighted by Gasteiger charge is -2.46. The largest absolute Gasteiger partial charge is 0.490 e. The monoisotopic (exact) mass is 725 g/mol. The van der Waals surface area contributed by atoms with E-state index < -0.39 is 27.6 Å². The van der Waals surface area contributed by atoms with Gasteiger partial charge in [0.25, 0.3) is 15.9 Å². The molecule has 1 spiro atoms. The van der Waals surface area contributed by atoms with Crippen molar-refractivity contribution in [2.45, 2.75) is 87.2 Å². The molecular formula is C38H48ClN3O7S. The highest BCUT2D eigenvalue weighted by molar-refractivity contribution is 7.90.